The number of guanidine groups is 1. The van der Waals surface area contributed by atoms with E-state index in [0.29, 0.717) is 0 Å². The Morgan fingerprint density at radius 3 is 2.22 bits per heavy atom. The number of carbonyl (C=O) groups is 1. The number of hydrogen-bond acceptors (Lipinski definition) is 3. The number of nitrogens with zero attached hydrogens (tertiary/aromatic N) is 4. The van der Waals surface area contributed by atoms with E-state index in [1.54, 1.807) is 14.0 Å². The third-order valence-corrected chi connectivity index (χ3v) is 4.09. The predicted molar refractivity (Wildman–Crippen MR) is 92.5 cm³/mol. The molecule has 0 aliphatic carbocycles. The van der Waals surface area contributed by atoms with Gasteiger partial charge in [0.15, 0.2) is 5.96 Å². The maximum absolute atomic E-state index is 11.3. The normalized spacial score (nSPS) is 16.4. The summed E-state index contributed by atoms with van der Waals surface area (Å²) in [5.74, 6) is 1.01. The van der Waals surface area contributed by atoms with Gasteiger partial charge in [-0.25, -0.2) is 0 Å². The third-order valence-electron chi connectivity index (χ3n) is 4.09. The van der Waals surface area contributed by atoms with Crippen molar-refractivity contribution in [2.24, 2.45) is 4.99 Å². The smallest absolute Gasteiger partial charge is 0.219 e. The highest BCUT2D eigenvalue weighted by Gasteiger charge is 2.17. The van der Waals surface area contributed by atoms with Crippen LogP contribution in [0.3, 0.4) is 0 Å². The number of amides is 1. The largest absolute Gasteiger partial charge is 0.355 e. The van der Waals surface area contributed by atoms with Crippen LogP contribution in [-0.4, -0.2) is 79.1 Å². The van der Waals surface area contributed by atoms with Crippen LogP contribution in [0.2, 0.25) is 0 Å². The fourth-order valence-electron chi connectivity index (χ4n) is 2.66. The lowest BCUT2D eigenvalue weighted by Crippen LogP contribution is -2.50. The molecule has 1 saturated heterocycles. The molecule has 128 valence electrons. The number of hydrogen-bond donors (Lipinski definition) is 2. The van der Waals surface area contributed by atoms with Gasteiger partial charge in [-0.1, -0.05) is 0 Å². The van der Waals surface area contributed by atoms with E-state index in [1.807, 2.05) is 17.0 Å². The second kappa shape index (κ2) is 9.19. The van der Waals surface area contributed by atoms with Crippen LogP contribution in [0.5, 0.6) is 0 Å². The SMILES string of the molecule is CN=C(NCCN1CCN(C(C)=O)CC1)NCCn1cccc1. The molecule has 2 N–H and O–H groups in total. The topological polar surface area (TPSA) is 64.9 Å². The molecule has 7 heteroatoms. The lowest BCUT2D eigenvalue weighted by molar-refractivity contribution is -0.130. The first kappa shape index (κ1) is 17.3. The van der Waals surface area contributed by atoms with E-state index in [9.17, 15) is 4.79 Å². The maximum atomic E-state index is 11.3. The number of carbonyl (C=O) groups excluding carboxylic acids is 1. The van der Waals surface area contributed by atoms with Crippen molar-refractivity contribution >= 4 is 11.9 Å². The molecule has 2 rings (SSSR count). The summed E-state index contributed by atoms with van der Waals surface area (Å²) in [6.07, 6.45) is 4.11. The molecule has 1 aromatic heterocycles. The zero-order chi connectivity index (χ0) is 16.5. The third kappa shape index (κ3) is 5.94. The monoisotopic (exact) mass is 320 g/mol. The molecule has 0 bridgehead atoms. The van der Waals surface area contributed by atoms with E-state index >= 15 is 0 Å². The highest BCUT2D eigenvalue weighted by Crippen LogP contribution is 2.00. The molecule has 1 fully saturated rings. The minimum absolute atomic E-state index is 0.176. The molecule has 1 aromatic rings. The van der Waals surface area contributed by atoms with Gasteiger partial charge in [0.05, 0.1) is 0 Å². The van der Waals surface area contributed by atoms with E-state index in [-0.39, 0.29) is 5.91 Å². The summed E-state index contributed by atoms with van der Waals surface area (Å²) in [5, 5.41) is 6.65. The van der Waals surface area contributed by atoms with Crippen LogP contribution >= 0.6 is 0 Å². The molecule has 0 atom stereocenters. The van der Waals surface area contributed by atoms with E-state index in [1.165, 1.54) is 0 Å². The van der Waals surface area contributed by atoms with Crippen molar-refractivity contribution in [2.45, 2.75) is 13.5 Å². The van der Waals surface area contributed by atoms with E-state index < -0.39 is 0 Å². The van der Waals surface area contributed by atoms with Crippen LogP contribution in [0.25, 0.3) is 0 Å². The Morgan fingerprint density at radius 1 is 1.04 bits per heavy atom. The van der Waals surface area contributed by atoms with Crippen molar-refractivity contribution in [3.05, 3.63) is 24.5 Å². The molecular weight excluding hydrogens is 292 g/mol. The standard InChI is InChI=1S/C16H28N6O/c1-15(23)22-13-11-21(12-14-22)10-6-19-16(17-2)18-5-9-20-7-3-4-8-20/h3-4,7-8H,5-6,9-14H2,1-2H3,(H2,17,18,19). The summed E-state index contributed by atoms with van der Waals surface area (Å²) >= 11 is 0. The van der Waals surface area contributed by atoms with Gasteiger partial charge in [0.2, 0.25) is 5.91 Å². The fourth-order valence-corrected chi connectivity index (χ4v) is 2.66. The second-order valence-corrected chi connectivity index (χ2v) is 5.69. The Morgan fingerprint density at radius 2 is 1.65 bits per heavy atom. The quantitative estimate of drug-likeness (QED) is 0.564. The number of aliphatic imine (C=N–C) groups is 1. The summed E-state index contributed by atoms with van der Waals surface area (Å²) in [6.45, 7) is 8.76. The van der Waals surface area contributed by atoms with E-state index in [2.05, 4.69) is 37.5 Å². The minimum atomic E-state index is 0.176. The average molecular weight is 320 g/mol. The molecule has 1 aliphatic heterocycles. The van der Waals surface area contributed by atoms with Crippen LogP contribution in [0.4, 0.5) is 0 Å². The molecule has 23 heavy (non-hydrogen) atoms. The zero-order valence-electron chi connectivity index (χ0n) is 14.2. The Bertz CT molecular complexity index is 491. The van der Waals surface area contributed by atoms with Gasteiger partial charge < -0.3 is 20.1 Å². The number of piperazine rings is 1. The molecule has 0 unspecified atom stereocenters. The number of rotatable bonds is 6. The number of aromatic nitrogens is 1. The van der Waals surface area contributed by atoms with Crippen molar-refractivity contribution < 1.29 is 4.79 Å². The Kier molecular flexibility index (Phi) is 6.93. The van der Waals surface area contributed by atoms with E-state index in [4.69, 9.17) is 0 Å². The van der Waals surface area contributed by atoms with Crippen molar-refractivity contribution in [2.75, 3.05) is 52.9 Å². The predicted octanol–water partition coefficient (Wildman–Crippen LogP) is -0.183. The van der Waals surface area contributed by atoms with Crippen LogP contribution < -0.4 is 10.6 Å². The average Bonchev–Trinajstić information content (AvgIpc) is 3.07. The van der Waals surface area contributed by atoms with Gasteiger partial charge in [0.25, 0.3) is 0 Å². The summed E-state index contributed by atoms with van der Waals surface area (Å²) in [4.78, 5) is 19.8. The molecule has 1 aliphatic rings. The molecule has 7 nitrogen and oxygen atoms in total. The molecule has 1 amide bonds. The molecule has 0 spiro atoms. The first-order valence-corrected chi connectivity index (χ1v) is 8.22. The van der Waals surface area contributed by atoms with Gasteiger partial charge in [-0.05, 0) is 12.1 Å². The molecule has 2 heterocycles. The van der Waals surface area contributed by atoms with Crippen molar-refractivity contribution in [3.8, 4) is 0 Å². The van der Waals surface area contributed by atoms with Gasteiger partial charge in [0.1, 0.15) is 0 Å². The first-order chi connectivity index (χ1) is 11.2. The van der Waals surface area contributed by atoms with Crippen LogP contribution in [0, 0.1) is 0 Å². The van der Waals surface area contributed by atoms with Crippen molar-refractivity contribution in [1.82, 2.24) is 25.0 Å². The van der Waals surface area contributed by atoms with Gasteiger partial charge in [0, 0.05) is 78.7 Å². The zero-order valence-corrected chi connectivity index (χ0v) is 14.2. The summed E-state index contributed by atoms with van der Waals surface area (Å²) in [6, 6.07) is 4.05. The van der Waals surface area contributed by atoms with E-state index in [0.717, 1.165) is 58.3 Å². The summed E-state index contributed by atoms with van der Waals surface area (Å²) in [7, 11) is 1.79. The lowest BCUT2D eigenvalue weighted by atomic mass is 10.3. The fraction of sp³-hybridized carbons (Fsp3) is 0.625. The highest BCUT2D eigenvalue weighted by atomic mass is 16.2. The van der Waals surface area contributed by atoms with Crippen LogP contribution in [0.15, 0.2) is 29.5 Å². The summed E-state index contributed by atoms with van der Waals surface area (Å²) in [5.41, 5.74) is 0. The van der Waals surface area contributed by atoms with Gasteiger partial charge in [-0.15, -0.1) is 0 Å². The van der Waals surface area contributed by atoms with Gasteiger partial charge in [-0.2, -0.15) is 0 Å². The van der Waals surface area contributed by atoms with Gasteiger partial charge in [-0.3, -0.25) is 14.7 Å². The molecular formula is C16H28N6O. The molecule has 0 radical (unpaired) electrons. The highest BCUT2D eigenvalue weighted by molar-refractivity contribution is 5.79. The molecule has 0 saturated carbocycles. The first-order valence-electron chi connectivity index (χ1n) is 8.22. The summed E-state index contributed by atoms with van der Waals surface area (Å²) < 4.78 is 2.13. The lowest BCUT2D eigenvalue weighted by Gasteiger charge is -2.34. The van der Waals surface area contributed by atoms with Crippen LogP contribution in [0.1, 0.15) is 6.92 Å². The molecule has 0 aromatic carbocycles. The Labute approximate surface area is 138 Å². The van der Waals surface area contributed by atoms with Crippen molar-refractivity contribution in [1.29, 1.82) is 0 Å². The maximum Gasteiger partial charge on any atom is 0.219 e. The van der Waals surface area contributed by atoms with Crippen molar-refractivity contribution in [3.63, 3.8) is 0 Å². The Balaban J connectivity index is 1.58. The van der Waals surface area contributed by atoms with Gasteiger partial charge >= 0.3 is 0 Å². The Hall–Kier alpha value is -2.02. The van der Waals surface area contributed by atoms with Crippen LogP contribution in [-0.2, 0) is 11.3 Å². The second-order valence-electron chi connectivity index (χ2n) is 5.69. The minimum Gasteiger partial charge on any atom is -0.355 e. The number of nitrogens with one attached hydrogen (secondary N) is 2.